The molecule has 0 bridgehead atoms. The van der Waals surface area contributed by atoms with Crippen molar-refractivity contribution in [2.24, 2.45) is 0 Å². The second-order valence-electron chi connectivity index (χ2n) is 5.57. The molecule has 0 atom stereocenters. The summed E-state index contributed by atoms with van der Waals surface area (Å²) in [6.45, 7) is 2.27. The Hall–Kier alpha value is -0.955. The summed E-state index contributed by atoms with van der Waals surface area (Å²) in [5, 5.41) is 28.1. The summed E-state index contributed by atoms with van der Waals surface area (Å²) in [6.07, 6.45) is 6.56. The third-order valence-electron chi connectivity index (χ3n) is 3.70. The molecule has 0 fully saturated rings. The standard InChI is InChI=1S/C18H20S3.BH3O3/c1-2-3-4-5-7-14-9-12-20-17(14)15-10-13-21-18(15)16-8-6-11-19-16;2-1(3)4/h6,8-13H,2-5,7H2,1H3;2-4H. The number of aryl methyl sites for hydroxylation is 1. The molecule has 0 amide bonds. The smallest absolute Gasteiger partial charge is 0.402 e. The highest BCUT2D eigenvalue weighted by molar-refractivity contribution is 7.21. The van der Waals surface area contributed by atoms with E-state index in [2.05, 4.69) is 47.3 Å². The van der Waals surface area contributed by atoms with Crippen LogP contribution in [-0.2, 0) is 6.42 Å². The van der Waals surface area contributed by atoms with Crippen LogP contribution < -0.4 is 0 Å². The van der Waals surface area contributed by atoms with Crippen molar-refractivity contribution in [3.8, 4) is 20.2 Å². The molecule has 0 saturated carbocycles. The molecule has 7 heteroatoms. The summed E-state index contributed by atoms with van der Waals surface area (Å²) >= 11 is 5.59. The molecule has 3 nitrogen and oxygen atoms in total. The maximum Gasteiger partial charge on any atom is 0.631 e. The molecule has 0 unspecified atom stereocenters. The summed E-state index contributed by atoms with van der Waals surface area (Å²) in [7, 11) is -2.17. The minimum absolute atomic E-state index is 1.22. The molecule has 3 rings (SSSR count). The largest absolute Gasteiger partial charge is 0.631 e. The van der Waals surface area contributed by atoms with E-state index in [0.29, 0.717) is 0 Å². The van der Waals surface area contributed by atoms with Gasteiger partial charge in [-0.1, -0.05) is 32.3 Å². The summed E-state index contributed by atoms with van der Waals surface area (Å²) in [4.78, 5) is 4.31. The Morgan fingerprint density at radius 2 is 1.56 bits per heavy atom. The topological polar surface area (TPSA) is 60.7 Å². The molecule has 0 aliphatic heterocycles. The predicted molar refractivity (Wildman–Crippen MR) is 111 cm³/mol. The molecule has 0 aromatic carbocycles. The number of hydrogen-bond donors (Lipinski definition) is 3. The molecule has 3 aromatic heterocycles. The van der Waals surface area contributed by atoms with E-state index >= 15 is 0 Å². The predicted octanol–water partition coefficient (Wildman–Crippen LogP) is 5.28. The molecule has 3 heterocycles. The van der Waals surface area contributed by atoms with E-state index in [9.17, 15) is 0 Å². The summed E-state index contributed by atoms with van der Waals surface area (Å²) in [5.41, 5.74) is 2.97. The van der Waals surface area contributed by atoms with Crippen molar-refractivity contribution in [1.29, 1.82) is 0 Å². The minimum Gasteiger partial charge on any atom is -0.402 e. The van der Waals surface area contributed by atoms with Gasteiger partial charge >= 0.3 is 7.32 Å². The molecule has 0 aliphatic carbocycles. The van der Waals surface area contributed by atoms with Gasteiger partial charge in [-0.15, -0.1) is 34.0 Å². The number of rotatable bonds is 7. The highest BCUT2D eigenvalue weighted by atomic mass is 32.1. The van der Waals surface area contributed by atoms with E-state index in [1.54, 1.807) is 0 Å². The molecular formula is C18H23BO3S3. The van der Waals surface area contributed by atoms with E-state index in [1.165, 1.54) is 57.9 Å². The Kier molecular flexibility index (Phi) is 8.88. The second-order valence-corrected chi connectivity index (χ2v) is 8.35. The molecule has 0 radical (unpaired) electrons. The molecule has 0 aliphatic rings. The number of unbranched alkanes of at least 4 members (excludes halogenated alkanes) is 3. The van der Waals surface area contributed by atoms with Crippen LogP contribution in [0.1, 0.15) is 38.2 Å². The molecule has 3 aromatic rings. The summed E-state index contributed by atoms with van der Waals surface area (Å²) < 4.78 is 0. The first-order chi connectivity index (χ1) is 12.1. The van der Waals surface area contributed by atoms with Crippen LogP contribution in [0.3, 0.4) is 0 Å². The Labute approximate surface area is 161 Å². The van der Waals surface area contributed by atoms with Gasteiger partial charge in [0.1, 0.15) is 0 Å². The van der Waals surface area contributed by atoms with Gasteiger partial charge in [-0.05, 0) is 52.7 Å². The van der Waals surface area contributed by atoms with E-state index < -0.39 is 7.32 Å². The molecule has 134 valence electrons. The first-order valence-corrected chi connectivity index (χ1v) is 11.0. The summed E-state index contributed by atoms with van der Waals surface area (Å²) in [5.74, 6) is 0. The van der Waals surface area contributed by atoms with Crippen LogP contribution in [0.5, 0.6) is 0 Å². The van der Waals surface area contributed by atoms with Gasteiger partial charge in [0.05, 0.1) is 4.88 Å². The van der Waals surface area contributed by atoms with Crippen molar-refractivity contribution in [3.05, 3.63) is 46.0 Å². The van der Waals surface area contributed by atoms with Gasteiger partial charge in [-0.3, -0.25) is 0 Å². The quantitative estimate of drug-likeness (QED) is 0.378. The average molecular weight is 394 g/mol. The van der Waals surface area contributed by atoms with Gasteiger partial charge in [0, 0.05) is 15.3 Å². The highest BCUT2D eigenvalue weighted by Gasteiger charge is 2.14. The fourth-order valence-electron chi connectivity index (χ4n) is 2.60. The van der Waals surface area contributed by atoms with Crippen LogP contribution >= 0.6 is 34.0 Å². The van der Waals surface area contributed by atoms with Gasteiger partial charge in [0.2, 0.25) is 0 Å². The average Bonchev–Trinajstić information content (AvgIpc) is 3.30. The highest BCUT2D eigenvalue weighted by Crippen LogP contribution is 2.42. The second kappa shape index (κ2) is 10.9. The van der Waals surface area contributed by atoms with E-state index in [1.807, 2.05) is 34.0 Å². The van der Waals surface area contributed by atoms with Crippen LogP contribution in [0, 0.1) is 0 Å². The maximum atomic E-state index is 7.17. The zero-order valence-electron chi connectivity index (χ0n) is 14.2. The fourth-order valence-corrected chi connectivity index (χ4v) is 5.44. The lowest BCUT2D eigenvalue weighted by Crippen LogP contribution is -2.07. The number of thiophene rings is 3. The zero-order valence-corrected chi connectivity index (χ0v) is 16.7. The number of hydrogen-bond acceptors (Lipinski definition) is 6. The monoisotopic (exact) mass is 394 g/mol. The first-order valence-electron chi connectivity index (χ1n) is 8.35. The Morgan fingerprint density at radius 1 is 0.840 bits per heavy atom. The summed E-state index contributed by atoms with van der Waals surface area (Å²) in [6, 6.07) is 8.99. The molecule has 25 heavy (non-hydrogen) atoms. The third-order valence-corrected chi connectivity index (χ3v) is 6.66. The maximum absolute atomic E-state index is 7.17. The normalized spacial score (nSPS) is 10.4. The molecular weight excluding hydrogens is 371 g/mol. The van der Waals surface area contributed by atoms with Crippen LogP contribution in [0.2, 0.25) is 0 Å². The van der Waals surface area contributed by atoms with Crippen LogP contribution in [0.25, 0.3) is 20.2 Å². The van der Waals surface area contributed by atoms with Gasteiger partial charge in [-0.2, -0.15) is 0 Å². The Bertz CT molecular complexity index is 717. The lowest BCUT2D eigenvalue weighted by Gasteiger charge is -2.05. The Morgan fingerprint density at radius 3 is 2.24 bits per heavy atom. The minimum atomic E-state index is -2.17. The van der Waals surface area contributed by atoms with Crippen molar-refractivity contribution in [1.82, 2.24) is 0 Å². The van der Waals surface area contributed by atoms with Crippen molar-refractivity contribution >= 4 is 41.3 Å². The van der Waals surface area contributed by atoms with E-state index in [-0.39, 0.29) is 0 Å². The van der Waals surface area contributed by atoms with Crippen molar-refractivity contribution in [2.45, 2.75) is 39.0 Å². The molecule has 0 spiro atoms. The van der Waals surface area contributed by atoms with Crippen LogP contribution in [-0.4, -0.2) is 22.4 Å². The van der Waals surface area contributed by atoms with E-state index in [0.717, 1.165) is 0 Å². The SMILES string of the molecule is CCCCCCc1ccsc1-c1ccsc1-c1cccs1.OB(O)O. The fraction of sp³-hybridized carbons (Fsp3) is 0.333. The zero-order chi connectivity index (χ0) is 18.1. The Balaban J connectivity index is 0.000000511. The molecule has 3 N–H and O–H groups in total. The lowest BCUT2D eigenvalue weighted by molar-refractivity contribution is 0.278. The van der Waals surface area contributed by atoms with Gasteiger partial charge in [-0.25, -0.2) is 0 Å². The molecule has 0 saturated heterocycles. The lowest BCUT2D eigenvalue weighted by atomic mass is 10.0. The van der Waals surface area contributed by atoms with Crippen LogP contribution in [0.15, 0.2) is 40.4 Å². The van der Waals surface area contributed by atoms with Gasteiger partial charge < -0.3 is 15.1 Å². The van der Waals surface area contributed by atoms with E-state index in [4.69, 9.17) is 15.1 Å². The van der Waals surface area contributed by atoms with Crippen molar-refractivity contribution in [2.75, 3.05) is 0 Å². The van der Waals surface area contributed by atoms with Crippen LogP contribution in [0.4, 0.5) is 0 Å². The van der Waals surface area contributed by atoms with Crippen molar-refractivity contribution in [3.63, 3.8) is 0 Å². The first kappa shape index (κ1) is 20.4. The van der Waals surface area contributed by atoms with Gasteiger partial charge in [0.15, 0.2) is 0 Å². The van der Waals surface area contributed by atoms with Gasteiger partial charge in [0.25, 0.3) is 0 Å². The van der Waals surface area contributed by atoms with Crippen molar-refractivity contribution < 1.29 is 15.1 Å². The third kappa shape index (κ3) is 6.36.